The second-order valence-corrected chi connectivity index (χ2v) is 4.43. The summed E-state index contributed by atoms with van der Waals surface area (Å²) in [6, 6.07) is 2.13. The molecule has 0 aromatic carbocycles. The summed E-state index contributed by atoms with van der Waals surface area (Å²) >= 11 is 1.72. The van der Waals surface area contributed by atoms with Crippen LogP contribution in [0.4, 0.5) is 11.6 Å². The van der Waals surface area contributed by atoms with E-state index in [-0.39, 0.29) is 0 Å². The number of hydrogen-bond donors (Lipinski definition) is 3. The van der Waals surface area contributed by atoms with Gasteiger partial charge in [0.15, 0.2) is 0 Å². The molecule has 0 spiro atoms. The molecule has 0 aliphatic heterocycles. The molecule has 0 unspecified atom stereocenters. The van der Waals surface area contributed by atoms with Crippen LogP contribution in [0.25, 0.3) is 0 Å². The zero-order valence-electron chi connectivity index (χ0n) is 9.60. The monoisotopic (exact) mass is 249 g/mol. The maximum atomic E-state index is 5.36. The predicted octanol–water partition coefficient (Wildman–Crippen LogP) is 1.79. The number of nitrogen functional groups attached to an aromatic ring is 1. The fourth-order valence-corrected chi connectivity index (χ4v) is 2.24. The second kappa shape index (κ2) is 5.60. The van der Waals surface area contributed by atoms with Crippen molar-refractivity contribution in [2.24, 2.45) is 5.84 Å². The number of rotatable bonds is 5. The van der Waals surface area contributed by atoms with Crippen molar-refractivity contribution in [1.82, 2.24) is 9.97 Å². The van der Waals surface area contributed by atoms with E-state index < -0.39 is 0 Å². The van der Waals surface area contributed by atoms with Gasteiger partial charge in [0.25, 0.3) is 0 Å². The molecule has 0 saturated heterocycles. The van der Waals surface area contributed by atoms with Crippen LogP contribution < -0.4 is 16.6 Å². The maximum absolute atomic E-state index is 5.36. The van der Waals surface area contributed by atoms with E-state index in [0.29, 0.717) is 5.82 Å². The minimum Gasteiger partial charge on any atom is -0.369 e. The van der Waals surface area contributed by atoms with Gasteiger partial charge in [0.2, 0.25) is 0 Å². The second-order valence-electron chi connectivity index (χ2n) is 3.65. The normalized spacial score (nSPS) is 10.2. The molecule has 2 aromatic rings. The van der Waals surface area contributed by atoms with Crippen molar-refractivity contribution in [3.63, 3.8) is 0 Å². The Morgan fingerprint density at radius 2 is 2.18 bits per heavy atom. The number of aromatic nitrogens is 2. The number of nitrogens with two attached hydrogens (primary N) is 1. The molecule has 17 heavy (non-hydrogen) atoms. The lowest BCUT2D eigenvalue weighted by molar-refractivity contribution is 0.995. The molecule has 0 amide bonds. The van der Waals surface area contributed by atoms with Crippen molar-refractivity contribution in [1.29, 1.82) is 0 Å². The van der Waals surface area contributed by atoms with E-state index >= 15 is 0 Å². The number of anilines is 2. The number of nitrogens with zero attached hydrogens (tertiary/aromatic N) is 2. The fourth-order valence-electron chi connectivity index (χ4n) is 1.53. The average Bonchev–Trinajstić information content (AvgIpc) is 2.84. The van der Waals surface area contributed by atoms with Gasteiger partial charge in [-0.3, -0.25) is 0 Å². The van der Waals surface area contributed by atoms with Crippen LogP contribution in [0.2, 0.25) is 0 Å². The first-order valence-electron chi connectivity index (χ1n) is 5.34. The minimum absolute atomic E-state index is 0.651. The third-order valence-electron chi connectivity index (χ3n) is 2.51. The smallest absolute Gasteiger partial charge is 0.148 e. The molecule has 2 heterocycles. The molecule has 0 fully saturated rings. The number of hydrazine groups is 1. The lowest BCUT2D eigenvalue weighted by Gasteiger charge is -2.10. The summed E-state index contributed by atoms with van der Waals surface area (Å²) in [6.07, 6.45) is 2.48. The summed E-state index contributed by atoms with van der Waals surface area (Å²) in [4.78, 5) is 8.22. The van der Waals surface area contributed by atoms with Crippen LogP contribution in [-0.2, 0) is 6.42 Å². The lowest BCUT2D eigenvalue weighted by Crippen LogP contribution is -2.13. The van der Waals surface area contributed by atoms with Gasteiger partial charge in [-0.15, -0.1) is 0 Å². The molecule has 4 N–H and O–H groups in total. The van der Waals surface area contributed by atoms with Crippen LogP contribution >= 0.6 is 11.3 Å². The van der Waals surface area contributed by atoms with Crippen LogP contribution in [0.1, 0.15) is 11.1 Å². The Labute approximate surface area is 104 Å². The summed E-state index contributed by atoms with van der Waals surface area (Å²) in [7, 11) is 0. The van der Waals surface area contributed by atoms with Crippen molar-refractivity contribution in [3.8, 4) is 0 Å². The van der Waals surface area contributed by atoms with Gasteiger partial charge in [-0.05, 0) is 35.7 Å². The maximum Gasteiger partial charge on any atom is 0.148 e. The van der Waals surface area contributed by atoms with Crippen LogP contribution in [0.15, 0.2) is 23.2 Å². The largest absolute Gasteiger partial charge is 0.369 e. The van der Waals surface area contributed by atoms with Gasteiger partial charge in [0, 0.05) is 12.1 Å². The van der Waals surface area contributed by atoms with E-state index in [1.165, 1.54) is 11.9 Å². The van der Waals surface area contributed by atoms with Crippen molar-refractivity contribution in [3.05, 3.63) is 34.3 Å². The van der Waals surface area contributed by atoms with E-state index in [1.54, 1.807) is 11.3 Å². The molecule has 5 nitrogen and oxygen atoms in total. The van der Waals surface area contributed by atoms with E-state index in [0.717, 1.165) is 24.3 Å². The highest BCUT2D eigenvalue weighted by atomic mass is 32.1. The van der Waals surface area contributed by atoms with Gasteiger partial charge in [0.05, 0.1) is 0 Å². The van der Waals surface area contributed by atoms with Crippen LogP contribution in [0, 0.1) is 6.92 Å². The Morgan fingerprint density at radius 1 is 1.35 bits per heavy atom. The van der Waals surface area contributed by atoms with Crippen molar-refractivity contribution in [2.75, 3.05) is 17.3 Å². The van der Waals surface area contributed by atoms with E-state index in [4.69, 9.17) is 5.84 Å². The Kier molecular flexibility index (Phi) is 3.89. The summed E-state index contributed by atoms with van der Waals surface area (Å²) in [5.74, 6) is 6.83. The van der Waals surface area contributed by atoms with Gasteiger partial charge in [-0.25, -0.2) is 15.8 Å². The first-order valence-corrected chi connectivity index (χ1v) is 6.28. The zero-order chi connectivity index (χ0) is 12.1. The van der Waals surface area contributed by atoms with Gasteiger partial charge < -0.3 is 10.7 Å². The minimum atomic E-state index is 0.651. The highest BCUT2D eigenvalue weighted by Crippen LogP contribution is 2.17. The van der Waals surface area contributed by atoms with Crippen molar-refractivity contribution < 1.29 is 0 Å². The highest BCUT2D eigenvalue weighted by molar-refractivity contribution is 7.07. The number of thiophene rings is 1. The van der Waals surface area contributed by atoms with Gasteiger partial charge >= 0.3 is 0 Å². The molecular formula is C11H15N5S. The lowest BCUT2D eigenvalue weighted by atomic mass is 10.2. The van der Waals surface area contributed by atoms with Gasteiger partial charge in [-0.2, -0.15) is 11.3 Å². The van der Waals surface area contributed by atoms with E-state index in [2.05, 4.69) is 37.5 Å². The first-order chi connectivity index (χ1) is 8.31. The quantitative estimate of drug-likeness (QED) is 0.556. The van der Waals surface area contributed by atoms with Gasteiger partial charge in [-0.1, -0.05) is 0 Å². The Morgan fingerprint density at radius 3 is 2.88 bits per heavy atom. The van der Waals surface area contributed by atoms with Crippen LogP contribution in [0.5, 0.6) is 0 Å². The molecule has 6 heteroatoms. The standard InChI is InChI=1S/C11H15N5S/c1-8-10(14-7-15-11(8)16-12)13-4-2-9-3-5-17-6-9/h3,5-7H,2,4,12H2,1H3,(H2,13,14,15,16). The van der Waals surface area contributed by atoms with E-state index in [9.17, 15) is 0 Å². The number of hydrogen-bond acceptors (Lipinski definition) is 6. The molecule has 0 saturated carbocycles. The summed E-state index contributed by atoms with van der Waals surface area (Å²) in [5.41, 5.74) is 4.82. The predicted molar refractivity (Wildman–Crippen MR) is 71.1 cm³/mol. The molecule has 90 valence electrons. The molecule has 2 rings (SSSR count). The zero-order valence-corrected chi connectivity index (χ0v) is 10.4. The van der Waals surface area contributed by atoms with E-state index in [1.807, 2.05) is 6.92 Å². The van der Waals surface area contributed by atoms with Crippen molar-refractivity contribution >= 4 is 23.0 Å². The molecular weight excluding hydrogens is 234 g/mol. The third kappa shape index (κ3) is 2.92. The SMILES string of the molecule is Cc1c(NN)ncnc1NCCc1ccsc1. The molecule has 0 radical (unpaired) electrons. The fraction of sp³-hybridized carbons (Fsp3) is 0.273. The Bertz CT molecular complexity index is 469. The van der Waals surface area contributed by atoms with Crippen molar-refractivity contribution in [2.45, 2.75) is 13.3 Å². The number of nitrogens with one attached hydrogen (secondary N) is 2. The summed E-state index contributed by atoms with van der Waals surface area (Å²) in [5, 5.41) is 7.52. The Hall–Kier alpha value is -1.66. The summed E-state index contributed by atoms with van der Waals surface area (Å²) in [6.45, 7) is 2.78. The van der Waals surface area contributed by atoms with Crippen LogP contribution in [-0.4, -0.2) is 16.5 Å². The molecule has 0 atom stereocenters. The average molecular weight is 249 g/mol. The highest BCUT2D eigenvalue weighted by Gasteiger charge is 2.04. The molecule has 0 bridgehead atoms. The van der Waals surface area contributed by atoms with Gasteiger partial charge in [0.1, 0.15) is 18.0 Å². The third-order valence-corrected chi connectivity index (χ3v) is 3.24. The first kappa shape index (κ1) is 11.8. The topological polar surface area (TPSA) is 75.9 Å². The summed E-state index contributed by atoms with van der Waals surface area (Å²) < 4.78 is 0. The molecule has 0 aliphatic carbocycles. The molecule has 0 aliphatic rings. The van der Waals surface area contributed by atoms with Crippen LogP contribution in [0.3, 0.4) is 0 Å². The Balaban J connectivity index is 1.95. The molecule has 2 aromatic heterocycles.